The van der Waals surface area contributed by atoms with Crippen LogP contribution in [0.5, 0.6) is 5.75 Å². The minimum Gasteiger partial charge on any atom is -0.494 e. The molecule has 1 aliphatic heterocycles. The molecule has 0 spiro atoms. The molecule has 0 radical (unpaired) electrons. The molecule has 3 rings (SSSR count). The summed E-state index contributed by atoms with van der Waals surface area (Å²) < 4.78 is 10.2. The molecule has 1 aromatic carbocycles. The van der Waals surface area contributed by atoms with Gasteiger partial charge in [0.25, 0.3) is 0 Å². The lowest BCUT2D eigenvalue weighted by Crippen LogP contribution is -2.41. The number of likely N-dealkylation sites (tertiary alicyclic amines) is 1. The van der Waals surface area contributed by atoms with Crippen LogP contribution in [0.4, 0.5) is 0 Å². The predicted molar refractivity (Wildman–Crippen MR) is 104 cm³/mol. The largest absolute Gasteiger partial charge is 0.494 e. The minimum atomic E-state index is -0.179. The molecule has 1 amide bonds. The molecule has 144 valence electrons. The second-order valence-electron chi connectivity index (χ2n) is 6.46. The Bertz CT molecular complexity index is 780. The lowest BCUT2D eigenvalue weighted by molar-refractivity contribution is -0.148. The van der Waals surface area contributed by atoms with Gasteiger partial charge in [0.15, 0.2) is 0 Å². The molecular weight excluding hydrogens is 364 g/mol. The van der Waals surface area contributed by atoms with Gasteiger partial charge >= 0.3 is 5.97 Å². The molecular formula is C20H24N2O4S. The van der Waals surface area contributed by atoms with Gasteiger partial charge in [-0.25, -0.2) is 4.98 Å². The topological polar surface area (TPSA) is 68.7 Å². The first-order valence-corrected chi connectivity index (χ1v) is 10.0. The van der Waals surface area contributed by atoms with Gasteiger partial charge in [0, 0.05) is 24.0 Å². The number of nitrogens with zero attached hydrogens (tertiary/aromatic N) is 2. The van der Waals surface area contributed by atoms with E-state index in [1.165, 1.54) is 18.4 Å². The molecule has 1 saturated heterocycles. The first-order chi connectivity index (χ1) is 13.1. The summed E-state index contributed by atoms with van der Waals surface area (Å²) in [6, 6.07) is 7.81. The summed E-state index contributed by atoms with van der Waals surface area (Å²) in [5.41, 5.74) is 1.80. The van der Waals surface area contributed by atoms with Gasteiger partial charge in [-0.05, 0) is 44.0 Å². The van der Waals surface area contributed by atoms with Gasteiger partial charge < -0.3 is 14.4 Å². The Hall–Kier alpha value is -2.41. The molecule has 0 aliphatic carbocycles. The Kier molecular flexibility index (Phi) is 6.45. The Morgan fingerprint density at radius 3 is 2.56 bits per heavy atom. The van der Waals surface area contributed by atoms with E-state index in [1.54, 1.807) is 0 Å². The van der Waals surface area contributed by atoms with Gasteiger partial charge in [-0.3, -0.25) is 9.59 Å². The molecule has 2 heterocycles. The van der Waals surface area contributed by atoms with Crippen LogP contribution in [0.15, 0.2) is 29.6 Å². The molecule has 0 N–H and O–H groups in total. The molecule has 0 bridgehead atoms. The highest BCUT2D eigenvalue weighted by Gasteiger charge is 2.28. The highest BCUT2D eigenvalue weighted by molar-refractivity contribution is 7.13. The molecule has 27 heavy (non-hydrogen) atoms. The average Bonchev–Trinajstić information content (AvgIpc) is 3.16. The number of methoxy groups -OCH3 is 1. The third-order valence-corrected chi connectivity index (χ3v) is 5.62. The Balaban J connectivity index is 1.56. The van der Waals surface area contributed by atoms with E-state index in [-0.39, 0.29) is 24.2 Å². The summed E-state index contributed by atoms with van der Waals surface area (Å²) in [5, 5.41) is 2.83. The zero-order valence-corrected chi connectivity index (χ0v) is 16.5. The van der Waals surface area contributed by atoms with Crippen molar-refractivity contribution in [1.82, 2.24) is 9.88 Å². The fraction of sp³-hybridized carbons (Fsp3) is 0.450. The maximum atomic E-state index is 12.5. The van der Waals surface area contributed by atoms with E-state index in [2.05, 4.69) is 4.98 Å². The van der Waals surface area contributed by atoms with Crippen LogP contribution in [0.1, 0.15) is 25.5 Å². The highest BCUT2D eigenvalue weighted by atomic mass is 32.1. The van der Waals surface area contributed by atoms with Crippen LogP contribution in [0, 0.1) is 5.92 Å². The summed E-state index contributed by atoms with van der Waals surface area (Å²) in [7, 11) is 1.41. The van der Waals surface area contributed by atoms with Crippen LogP contribution in [0.3, 0.4) is 0 Å². The normalized spacial score (nSPS) is 14.8. The van der Waals surface area contributed by atoms with Crippen molar-refractivity contribution < 1.29 is 19.1 Å². The van der Waals surface area contributed by atoms with E-state index < -0.39 is 0 Å². The van der Waals surface area contributed by atoms with Crippen molar-refractivity contribution in [2.45, 2.75) is 26.2 Å². The summed E-state index contributed by atoms with van der Waals surface area (Å²) in [6.07, 6.45) is 1.61. The molecule has 7 heteroatoms. The van der Waals surface area contributed by atoms with Crippen LogP contribution in [-0.4, -0.2) is 48.6 Å². The van der Waals surface area contributed by atoms with E-state index >= 15 is 0 Å². The number of carbonyl (C=O) groups excluding carboxylic acids is 2. The Morgan fingerprint density at radius 1 is 1.22 bits per heavy atom. The van der Waals surface area contributed by atoms with Gasteiger partial charge in [0.05, 0.1) is 31.7 Å². The maximum absolute atomic E-state index is 12.5. The second-order valence-corrected chi connectivity index (χ2v) is 7.31. The molecule has 0 atom stereocenters. The van der Waals surface area contributed by atoms with E-state index in [0.29, 0.717) is 32.5 Å². The SMILES string of the molecule is CCOc1ccc(-c2nc(CC(=O)N3CCC(C(=O)OC)CC3)cs2)cc1. The number of esters is 1. The fourth-order valence-corrected chi connectivity index (χ4v) is 4.00. The van der Waals surface area contributed by atoms with Crippen molar-refractivity contribution >= 4 is 23.2 Å². The standard InChI is InChI=1S/C20H24N2O4S/c1-3-26-17-6-4-14(5-7-17)19-21-16(13-27-19)12-18(23)22-10-8-15(9-11-22)20(24)25-2/h4-7,13,15H,3,8-12H2,1-2H3. The van der Waals surface area contributed by atoms with Crippen molar-refractivity contribution in [2.24, 2.45) is 5.92 Å². The minimum absolute atomic E-state index is 0.0573. The summed E-state index contributed by atoms with van der Waals surface area (Å²) in [5.74, 6) is 0.622. The van der Waals surface area contributed by atoms with Crippen LogP contribution >= 0.6 is 11.3 Å². The lowest BCUT2D eigenvalue weighted by atomic mass is 9.97. The molecule has 0 unspecified atom stereocenters. The summed E-state index contributed by atoms with van der Waals surface area (Å²) in [4.78, 5) is 30.5. The van der Waals surface area contributed by atoms with Gasteiger partial charge in [0.2, 0.25) is 5.91 Å². The van der Waals surface area contributed by atoms with Gasteiger partial charge in [-0.15, -0.1) is 11.3 Å². The van der Waals surface area contributed by atoms with Crippen molar-refractivity contribution in [2.75, 3.05) is 26.8 Å². The monoisotopic (exact) mass is 388 g/mol. The number of hydrogen-bond donors (Lipinski definition) is 0. The first-order valence-electron chi connectivity index (χ1n) is 9.14. The van der Waals surface area contributed by atoms with E-state index in [4.69, 9.17) is 9.47 Å². The zero-order valence-electron chi connectivity index (χ0n) is 15.6. The Labute approximate surface area is 163 Å². The van der Waals surface area contributed by atoms with Gasteiger partial charge in [-0.1, -0.05) is 0 Å². The van der Waals surface area contributed by atoms with Gasteiger partial charge in [-0.2, -0.15) is 0 Å². The summed E-state index contributed by atoms with van der Waals surface area (Å²) in [6.45, 7) is 3.78. The van der Waals surface area contributed by atoms with Crippen molar-refractivity contribution in [3.63, 3.8) is 0 Å². The number of ether oxygens (including phenoxy) is 2. The van der Waals surface area contributed by atoms with Crippen LogP contribution in [-0.2, 0) is 20.7 Å². The second kappa shape index (κ2) is 8.99. The number of thiazole rings is 1. The number of benzene rings is 1. The van der Waals surface area contributed by atoms with E-state index in [0.717, 1.165) is 22.0 Å². The quantitative estimate of drug-likeness (QED) is 0.711. The molecule has 1 fully saturated rings. The highest BCUT2D eigenvalue weighted by Crippen LogP contribution is 2.26. The maximum Gasteiger partial charge on any atom is 0.308 e. The lowest BCUT2D eigenvalue weighted by Gasteiger charge is -2.30. The number of hydrogen-bond acceptors (Lipinski definition) is 6. The van der Waals surface area contributed by atoms with Crippen molar-refractivity contribution in [1.29, 1.82) is 0 Å². The molecule has 1 aromatic heterocycles. The number of piperidine rings is 1. The average molecular weight is 388 g/mol. The molecule has 1 aliphatic rings. The predicted octanol–water partition coefficient (Wildman–Crippen LogP) is 3.16. The number of carbonyl (C=O) groups is 2. The third-order valence-electron chi connectivity index (χ3n) is 4.68. The molecule has 6 nitrogen and oxygen atoms in total. The van der Waals surface area contributed by atoms with Crippen LogP contribution < -0.4 is 4.74 Å². The summed E-state index contributed by atoms with van der Waals surface area (Å²) >= 11 is 1.53. The molecule has 0 saturated carbocycles. The van der Waals surface area contributed by atoms with Crippen molar-refractivity contribution in [3.8, 4) is 16.3 Å². The molecule has 2 aromatic rings. The fourth-order valence-electron chi connectivity index (χ4n) is 3.18. The van der Waals surface area contributed by atoms with Crippen LogP contribution in [0.25, 0.3) is 10.6 Å². The van der Waals surface area contributed by atoms with E-state index in [9.17, 15) is 9.59 Å². The first kappa shape index (κ1) is 19.4. The third kappa shape index (κ3) is 4.86. The zero-order chi connectivity index (χ0) is 19.2. The van der Waals surface area contributed by atoms with Crippen LogP contribution in [0.2, 0.25) is 0 Å². The Morgan fingerprint density at radius 2 is 1.93 bits per heavy atom. The number of aromatic nitrogens is 1. The van der Waals surface area contributed by atoms with Crippen molar-refractivity contribution in [3.05, 3.63) is 35.3 Å². The smallest absolute Gasteiger partial charge is 0.308 e. The van der Waals surface area contributed by atoms with Gasteiger partial charge in [0.1, 0.15) is 10.8 Å². The number of amides is 1. The van der Waals surface area contributed by atoms with E-state index in [1.807, 2.05) is 41.5 Å². The number of rotatable bonds is 6.